The molecule has 1 heterocycles. The molecule has 4 rings (SSSR count). The highest BCUT2D eigenvalue weighted by molar-refractivity contribution is 5.47. The Balaban J connectivity index is 1.73. The molecule has 3 nitrogen and oxygen atoms in total. The first-order chi connectivity index (χ1) is 13.8. The van der Waals surface area contributed by atoms with E-state index in [1.165, 1.54) is 38.5 Å². The fourth-order valence-corrected chi connectivity index (χ4v) is 4.77. The molecule has 0 aliphatic heterocycles. The fraction of sp³-hybridized carbons (Fsp3) is 0.560. The summed E-state index contributed by atoms with van der Waals surface area (Å²) >= 11 is 0. The summed E-state index contributed by atoms with van der Waals surface area (Å²) in [7, 11) is 0. The van der Waals surface area contributed by atoms with Crippen LogP contribution in [0.5, 0.6) is 5.75 Å². The van der Waals surface area contributed by atoms with Crippen LogP contribution in [0.4, 0.5) is 0 Å². The van der Waals surface area contributed by atoms with E-state index in [1.807, 2.05) is 18.2 Å². The van der Waals surface area contributed by atoms with Gasteiger partial charge in [0.15, 0.2) is 0 Å². The molecule has 0 bridgehead atoms. The van der Waals surface area contributed by atoms with Crippen LogP contribution < -0.4 is 5.63 Å². The third-order valence-electron chi connectivity index (χ3n) is 6.46. The van der Waals surface area contributed by atoms with Crippen molar-refractivity contribution < 1.29 is 9.52 Å². The zero-order valence-electron chi connectivity index (χ0n) is 16.8. The van der Waals surface area contributed by atoms with Gasteiger partial charge in [-0.3, -0.25) is 0 Å². The Labute approximate surface area is 167 Å². The second kappa shape index (κ2) is 8.98. The summed E-state index contributed by atoms with van der Waals surface area (Å²) in [6.07, 6.45) is 13.3. The smallest absolute Gasteiger partial charge is 0.343 e. The molecule has 1 N–H and O–H groups in total. The fourth-order valence-electron chi connectivity index (χ4n) is 4.77. The van der Waals surface area contributed by atoms with E-state index in [0.29, 0.717) is 11.5 Å². The van der Waals surface area contributed by atoms with Crippen LogP contribution in [0.1, 0.15) is 92.6 Å². The number of fused-ring (bicyclic) bond motifs is 1. The standard InChI is InChI=1S/C25H32O3/c26-24-20-14-10-5-3-1-2-4-6-11-15-21(20)28-25(27)23(24)22(19-16-17-19)18-12-8-7-9-13-18/h7-9,12-13,19,22,26H,1-6,10-11,14-17H2. The highest BCUT2D eigenvalue weighted by Gasteiger charge is 2.38. The van der Waals surface area contributed by atoms with Crippen molar-refractivity contribution in [2.24, 2.45) is 5.92 Å². The first kappa shape index (κ1) is 19.3. The van der Waals surface area contributed by atoms with E-state index in [1.54, 1.807) is 0 Å². The summed E-state index contributed by atoms with van der Waals surface area (Å²) in [4.78, 5) is 13.0. The van der Waals surface area contributed by atoms with Gasteiger partial charge in [-0.15, -0.1) is 0 Å². The monoisotopic (exact) mass is 380 g/mol. The third kappa shape index (κ3) is 4.34. The van der Waals surface area contributed by atoms with Crippen LogP contribution in [0.25, 0.3) is 0 Å². The highest BCUT2D eigenvalue weighted by Crippen LogP contribution is 2.48. The summed E-state index contributed by atoms with van der Waals surface area (Å²) in [5.41, 5.74) is 2.18. The zero-order valence-corrected chi connectivity index (χ0v) is 16.8. The number of rotatable bonds is 3. The lowest BCUT2D eigenvalue weighted by molar-refractivity contribution is 0.385. The molecule has 2 aliphatic rings. The van der Waals surface area contributed by atoms with Crippen molar-refractivity contribution in [2.45, 2.75) is 83.0 Å². The van der Waals surface area contributed by atoms with Crippen LogP contribution in [0.15, 0.2) is 39.5 Å². The van der Waals surface area contributed by atoms with E-state index in [-0.39, 0.29) is 17.3 Å². The van der Waals surface area contributed by atoms with Gasteiger partial charge in [-0.1, -0.05) is 68.9 Å². The van der Waals surface area contributed by atoms with Crippen molar-refractivity contribution in [1.82, 2.24) is 0 Å². The van der Waals surface area contributed by atoms with E-state index in [4.69, 9.17) is 4.42 Å². The van der Waals surface area contributed by atoms with Crippen LogP contribution in [-0.4, -0.2) is 5.11 Å². The Kier molecular flexibility index (Phi) is 6.19. The molecular formula is C25H32O3. The lowest BCUT2D eigenvalue weighted by Gasteiger charge is -2.20. The van der Waals surface area contributed by atoms with Gasteiger partial charge in [-0.05, 0) is 43.6 Å². The van der Waals surface area contributed by atoms with E-state index in [2.05, 4.69) is 12.1 Å². The number of hydrogen-bond donors (Lipinski definition) is 1. The van der Waals surface area contributed by atoms with Gasteiger partial charge in [0, 0.05) is 17.9 Å². The van der Waals surface area contributed by atoms with Gasteiger partial charge < -0.3 is 9.52 Å². The Morgan fingerprint density at radius 1 is 0.857 bits per heavy atom. The largest absolute Gasteiger partial charge is 0.507 e. The first-order valence-corrected chi connectivity index (χ1v) is 11.2. The molecule has 1 atom stereocenters. The molecule has 1 saturated carbocycles. The van der Waals surface area contributed by atoms with Crippen molar-refractivity contribution in [3.8, 4) is 5.75 Å². The maximum atomic E-state index is 13.0. The number of aromatic hydroxyl groups is 1. The van der Waals surface area contributed by atoms with Gasteiger partial charge in [-0.2, -0.15) is 0 Å². The van der Waals surface area contributed by atoms with Gasteiger partial charge in [0.25, 0.3) is 0 Å². The molecule has 2 aromatic rings. The zero-order chi connectivity index (χ0) is 19.3. The van der Waals surface area contributed by atoms with E-state index < -0.39 is 0 Å². The lowest BCUT2D eigenvalue weighted by Crippen LogP contribution is -2.18. The Hall–Kier alpha value is -2.03. The van der Waals surface area contributed by atoms with Crippen molar-refractivity contribution in [1.29, 1.82) is 0 Å². The highest BCUT2D eigenvalue weighted by atomic mass is 16.4. The average molecular weight is 381 g/mol. The summed E-state index contributed by atoms with van der Waals surface area (Å²) < 4.78 is 5.88. The van der Waals surface area contributed by atoms with Crippen molar-refractivity contribution in [2.75, 3.05) is 0 Å². The van der Waals surface area contributed by atoms with Crippen LogP contribution in [0.2, 0.25) is 0 Å². The maximum Gasteiger partial charge on any atom is 0.343 e. The molecule has 28 heavy (non-hydrogen) atoms. The van der Waals surface area contributed by atoms with E-state index in [9.17, 15) is 9.90 Å². The summed E-state index contributed by atoms with van der Waals surface area (Å²) in [5, 5.41) is 11.3. The molecule has 0 amide bonds. The molecule has 3 heteroatoms. The Bertz CT molecular complexity index is 833. The average Bonchev–Trinajstić information content (AvgIpc) is 3.52. The van der Waals surface area contributed by atoms with Crippen LogP contribution in [0, 0.1) is 5.92 Å². The van der Waals surface area contributed by atoms with Gasteiger partial charge in [0.2, 0.25) is 0 Å². The molecule has 2 aliphatic carbocycles. The SMILES string of the molecule is O=c1oc2c(c(O)c1C(c1ccccc1)C1CC1)CCCCCCCCCC2. The van der Waals surface area contributed by atoms with Crippen molar-refractivity contribution in [3.05, 3.63) is 63.2 Å². The summed E-state index contributed by atoms with van der Waals surface area (Å²) in [5.74, 6) is 1.34. The van der Waals surface area contributed by atoms with Crippen LogP contribution >= 0.6 is 0 Å². The predicted octanol–water partition coefficient (Wildman–Crippen LogP) is 6.11. The van der Waals surface area contributed by atoms with E-state index in [0.717, 1.165) is 55.4 Å². The minimum absolute atomic E-state index is 0.0517. The van der Waals surface area contributed by atoms with Gasteiger partial charge in [0.1, 0.15) is 11.5 Å². The maximum absolute atomic E-state index is 13.0. The molecular weight excluding hydrogens is 348 g/mol. The quantitative estimate of drug-likeness (QED) is 0.699. The summed E-state index contributed by atoms with van der Waals surface area (Å²) in [6, 6.07) is 10.2. The normalized spacial score (nSPS) is 19.9. The van der Waals surface area contributed by atoms with Gasteiger partial charge in [0.05, 0.1) is 5.56 Å². The third-order valence-corrected chi connectivity index (χ3v) is 6.46. The van der Waals surface area contributed by atoms with Crippen LogP contribution in [-0.2, 0) is 12.8 Å². The molecule has 1 unspecified atom stereocenters. The Morgan fingerprint density at radius 3 is 2.11 bits per heavy atom. The van der Waals surface area contributed by atoms with Gasteiger partial charge >= 0.3 is 5.63 Å². The summed E-state index contributed by atoms with van der Waals surface area (Å²) in [6.45, 7) is 0. The number of hydrogen-bond acceptors (Lipinski definition) is 3. The lowest BCUT2D eigenvalue weighted by atomic mass is 9.85. The molecule has 0 saturated heterocycles. The molecule has 1 fully saturated rings. The molecule has 0 radical (unpaired) electrons. The van der Waals surface area contributed by atoms with E-state index >= 15 is 0 Å². The Morgan fingerprint density at radius 2 is 1.46 bits per heavy atom. The van der Waals surface area contributed by atoms with Crippen molar-refractivity contribution in [3.63, 3.8) is 0 Å². The minimum atomic E-state index is -0.330. The minimum Gasteiger partial charge on any atom is -0.507 e. The first-order valence-electron chi connectivity index (χ1n) is 11.2. The second-order valence-corrected chi connectivity index (χ2v) is 8.61. The number of aryl methyl sites for hydroxylation is 1. The molecule has 1 aromatic carbocycles. The number of benzene rings is 1. The molecule has 0 spiro atoms. The second-order valence-electron chi connectivity index (χ2n) is 8.61. The van der Waals surface area contributed by atoms with Crippen molar-refractivity contribution >= 4 is 0 Å². The molecule has 1 aromatic heterocycles. The molecule has 150 valence electrons. The predicted molar refractivity (Wildman–Crippen MR) is 112 cm³/mol. The topological polar surface area (TPSA) is 50.4 Å². The van der Waals surface area contributed by atoms with Crippen LogP contribution in [0.3, 0.4) is 0 Å². The van der Waals surface area contributed by atoms with Gasteiger partial charge in [-0.25, -0.2) is 4.79 Å².